The molecule has 0 amide bonds. The molecule has 4 nitrogen and oxygen atoms in total. The van der Waals surface area contributed by atoms with Crippen molar-refractivity contribution in [1.82, 2.24) is 4.90 Å². The molecule has 18 heavy (non-hydrogen) atoms. The number of nitrogens with two attached hydrogens (primary N) is 1. The number of rotatable bonds is 4. The van der Waals surface area contributed by atoms with E-state index in [2.05, 4.69) is 4.90 Å². The molecular weight excluding hydrogens is 228 g/mol. The summed E-state index contributed by atoms with van der Waals surface area (Å²) in [4.78, 5) is 13.8. The summed E-state index contributed by atoms with van der Waals surface area (Å²) in [6, 6.07) is 0. The SMILES string of the molecule is NC(CN1CCC2(CCCC2)C1)(C(=O)O)C1CC1. The summed E-state index contributed by atoms with van der Waals surface area (Å²) in [5.74, 6) is -0.604. The highest BCUT2D eigenvalue weighted by atomic mass is 16.4. The monoisotopic (exact) mass is 252 g/mol. The van der Waals surface area contributed by atoms with E-state index >= 15 is 0 Å². The first-order chi connectivity index (χ1) is 8.54. The average Bonchev–Trinajstić information content (AvgIpc) is 2.99. The van der Waals surface area contributed by atoms with Gasteiger partial charge in [0.1, 0.15) is 5.54 Å². The van der Waals surface area contributed by atoms with Crippen LogP contribution in [0, 0.1) is 11.3 Å². The first kappa shape index (κ1) is 12.4. The molecule has 0 aromatic rings. The Morgan fingerprint density at radius 1 is 1.33 bits per heavy atom. The molecule has 3 N–H and O–H groups in total. The predicted molar refractivity (Wildman–Crippen MR) is 69.2 cm³/mol. The number of carboxylic acid groups (broad SMARTS) is 1. The molecular formula is C14H24N2O2. The summed E-state index contributed by atoms with van der Waals surface area (Å²) in [5, 5.41) is 9.41. The number of carbonyl (C=O) groups is 1. The molecule has 2 aliphatic carbocycles. The maximum Gasteiger partial charge on any atom is 0.325 e. The molecule has 0 bridgehead atoms. The van der Waals surface area contributed by atoms with Crippen LogP contribution < -0.4 is 5.73 Å². The molecule has 1 heterocycles. The highest BCUT2D eigenvalue weighted by Crippen LogP contribution is 2.46. The summed E-state index contributed by atoms with van der Waals surface area (Å²) in [5.41, 5.74) is 5.68. The summed E-state index contributed by atoms with van der Waals surface area (Å²) in [6.07, 6.45) is 8.58. The van der Waals surface area contributed by atoms with Gasteiger partial charge in [-0.1, -0.05) is 12.8 Å². The third-order valence-corrected chi connectivity index (χ3v) is 5.37. The smallest absolute Gasteiger partial charge is 0.325 e. The van der Waals surface area contributed by atoms with Crippen LogP contribution in [0.2, 0.25) is 0 Å². The molecule has 3 rings (SSSR count). The molecule has 2 saturated carbocycles. The van der Waals surface area contributed by atoms with Gasteiger partial charge >= 0.3 is 5.97 Å². The highest BCUT2D eigenvalue weighted by molar-refractivity contribution is 5.79. The molecule has 4 heteroatoms. The zero-order valence-electron chi connectivity index (χ0n) is 11.0. The fourth-order valence-corrected chi connectivity index (χ4v) is 4.04. The van der Waals surface area contributed by atoms with E-state index in [1.807, 2.05) is 0 Å². The molecule has 1 saturated heterocycles. The van der Waals surface area contributed by atoms with Crippen LogP contribution in [0.4, 0.5) is 0 Å². The minimum absolute atomic E-state index is 0.204. The summed E-state index contributed by atoms with van der Waals surface area (Å²) < 4.78 is 0. The van der Waals surface area contributed by atoms with E-state index in [4.69, 9.17) is 5.73 Å². The maximum atomic E-state index is 11.5. The van der Waals surface area contributed by atoms with E-state index in [1.54, 1.807) is 0 Å². The maximum absolute atomic E-state index is 11.5. The van der Waals surface area contributed by atoms with Crippen LogP contribution in [-0.4, -0.2) is 41.1 Å². The van der Waals surface area contributed by atoms with Gasteiger partial charge in [-0.15, -0.1) is 0 Å². The Morgan fingerprint density at radius 2 is 2.00 bits per heavy atom. The van der Waals surface area contributed by atoms with Gasteiger partial charge in [-0.3, -0.25) is 4.79 Å². The normalized spacial score (nSPS) is 30.7. The second-order valence-electron chi connectivity index (χ2n) is 6.79. The van der Waals surface area contributed by atoms with Crippen LogP contribution in [0.25, 0.3) is 0 Å². The van der Waals surface area contributed by atoms with E-state index in [1.165, 1.54) is 32.1 Å². The number of hydrogen-bond donors (Lipinski definition) is 2. The Bertz CT molecular complexity index is 348. The third kappa shape index (κ3) is 2.05. The molecule has 1 spiro atoms. The number of aliphatic carboxylic acids is 1. The Morgan fingerprint density at radius 3 is 2.56 bits per heavy atom. The Labute approximate surface area is 109 Å². The minimum Gasteiger partial charge on any atom is -0.480 e. The first-order valence-electron chi connectivity index (χ1n) is 7.29. The van der Waals surface area contributed by atoms with Gasteiger partial charge in [0.25, 0.3) is 0 Å². The minimum atomic E-state index is -0.996. The van der Waals surface area contributed by atoms with Gasteiger partial charge in [0, 0.05) is 13.1 Å². The molecule has 1 unspecified atom stereocenters. The van der Waals surface area contributed by atoms with Crippen molar-refractivity contribution in [3.8, 4) is 0 Å². The molecule has 1 aliphatic heterocycles. The molecule has 0 aromatic heterocycles. The van der Waals surface area contributed by atoms with Crippen LogP contribution in [0.1, 0.15) is 44.9 Å². The van der Waals surface area contributed by atoms with Gasteiger partial charge in [-0.25, -0.2) is 0 Å². The van der Waals surface area contributed by atoms with Crippen LogP contribution in [0.5, 0.6) is 0 Å². The number of hydrogen-bond acceptors (Lipinski definition) is 3. The molecule has 1 atom stereocenters. The van der Waals surface area contributed by atoms with Gasteiger partial charge in [0.15, 0.2) is 0 Å². The van der Waals surface area contributed by atoms with E-state index in [0.717, 1.165) is 25.9 Å². The van der Waals surface area contributed by atoms with Crippen molar-refractivity contribution >= 4 is 5.97 Å². The van der Waals surface area contributed by atoms with Crippen molar-refractivity contribution in [2.75, 3.05) is 19.6 Å². The fraction of sp³-hybridized carbons (Fsp3) is 0.929. The zero-order chi connectivity index (χ0) is 12.8. The van der Waals surface area contributed by atoms with E-state index < -0.39 is 11.5 Å². The average molecular weight is 252 g/mol. The van der Waals surface area contributed by atoms with Crippen LogP contribution in [-0.2, 0) is 4.79 Å². The zero-order valence-corrected chi connectivity index (χ0v) is 11.0. The standard InChI is InChI=1S/C14H24N2O2/c15-14(12(17)18,11-3-4-11)10-16-8-7-13(9-16)5-1-2-6-13/h11H,1-10,15H2,(H,17,18). The van der Waals surface area contributed by atoms with Crippen molar-refractivity contribution < 1.29 is 9.90 Å². The van der Waals surface area contributed by atoms with Gasteiger partial charge in [-0.2, -0.15) is 0 Å². The van der Waals surface area contributed by atoms with Crippen molar-refractivity contribution in [2.45, 2.75) is 50.5 Å². The summed E-state index contributed by atoms with van der Waals surface area (Å²) in [7, 11) is 0. The van der Waals surface area contributed by atoms with Gasteiger partial charge in [0.05, 0.1) is 0 Å². The van der Waals surface area contributed by atoms with E-state index in [0.29, 0.717) is 12.0 Å². The van der Waals surface area contributed by atoms with Crippen molar-refractivity contribution in [2.24, 2.45) is 17.1 Å². The van der Waals surface area contributed by atoms with Crippen LogP contribution >= 0.6 is 0 Å². The lowest BCUT2D eigenvalue weighted by atomic mass is 9.85. The molecule has 3 fully saturated rings. The largest absolute Gasteiger partial charge is 0.480 e. The number of likely N-dealkylation sites (tertiary alicyclic amines) is 1. The Kier molecular flexibility index (Phi) is 2.90. The number of carboxylic acids is 1. The second-order valence-corrected chi connectivity index (χ2v) is 6.79. The van der Waals surface area contributed by atoms with Crippen molar-refractivity contribution in [3.05, 3.63) is 0 Å². The molecule has 102 valence electrons. The van der Waals surface area contributed by atoms with Crippen molar-refractivity contribution in [1.29, 1.82) is 0 Å². The summed E-state index contributed by atoms with van der Waals surface area (Å²) in [6.45, 7) is 2.67. The van der Waals surface area contributed by atoms with E-state index in [9.17, 15) is 9.90 Å². The number of nitrogens with zero attached hydrogens (tertiary/aromatic N) is 1. The van der Waals surface area contributed by atoms with Gasteiger partial charge in [-0.05, 0) is 50.0 Å². The molecule has 0 aromatic carbocycles. The quantitative estimate of drug-likeness (QED) is 0.794. The molecule has 3 aliphatic rings. The lowest BCUT2D eigenvalue weighted by molar-refractivity contribution is -0.145. The van der Waals surface area contributed by atoms with Crippen molar-refractivity contribution in [3.63, 3.8) is 0 Å². The highest BCUT2D eigenvalue weighted by Gasteiger charge is 2.51. The van der Waals surface area contributed by atoms with Gasteiger partial charge < -0.3 is 15.7 Å². The third-order valence-electron chi connectivity index (χ3n) is 5.37. The molecule has 0 radical (unpaired) electrons. The van der Waals surface area contributed by atoms with E-state index in [-0.39, 0.29) is 5.92 Å². The Hall–Kier alpha value is -0.610. The fourth-order valence-electron chi connectivity index (χ4n) is 4.04. The predicted octanol–water partition coefficient (Wildman–Crippen LogP) is 1.44. The van der Waals surface area contributed by atoms with Crippen LogP contribution in [0.15, 0.2) is 0 Å². The lowest BCUT2D eigenvalue weighted by Crippen LogP contribution is -2.57. The van der Waals surface area contributed by atoms with Gasteiger partial charge in [0.2, 0.25) is 0 Å². The lowest BCUT2D eigenvalue weighted by Gasteiger charge is -2.31. The Balaban J connectivity index is 1.64. The first-order valence-corrected chi connectivity index (χ1v) is 7.29. The topological polar surface area (TPSA) is 66.6 Å². The second kappa shape index (κ2) is 4.20. The van der Waals surface area contributed by atoms with Crippen LogP contribution in [0.3, 0.4) is 0 Å². The summed E-state index contributed by atoms with van der Waals surface area (Å²) >= 11 is 0.